The highest BCUT2D eigenvalue weighted by Gasteiger charge is 2.59. The molecule has 3 fully saturated rings. The van der Waals surface area contributed by atoms with Gasteiger partial charge < -0.3 is 9.84 Å². The molecule has 7 atom stereocenters. The molecule has 0 aromatic carbocycles. The van der Waals surface area contributed by atoms with Crippen molar-refractivity contribution in [3.8, 4) is 0 Å². The van der Waals surface area contributed by atoms with Crippen LogP contribution >= 0.6 is 0 Å². The van der Waals surface area contributed by atoms with E-state index in [-0.39, 0.29) is 18.0 Å². The van der Waals surface area contributed by atoms with Gasteiger partial charge in [0.1, 0.15) is 0 Å². The number of methoxy groups -OCH3 is 1. The predicted octanol–water partition coefficient (Wildman–Crippen LogP) is 6.42. The fraction of sp³-hybridized carbons (Fsp3) is 0.800. The SMILES string of the molecule is CCC(CC[C@@H](C)[C@H]1CC[C@H]2[C@@H]3CCC4=CC(=O)CC[C@]4(C)[C@H]3CC[C@]12C)=C(CO)C(=O)OC. The zero-order valence-electron chi connectivity index (χ0n) is 22.1. The lowest BCUT2D eigenvalue weighted by molar-refractivity contribution is -0.136. The zero-order chi connectivity index (χ0) is 24.7. The number of hydrogen-bond acceptors (Lipinski definition) is 4. The lowest BCUT2D eigenvalue weighted by Crippen LogP contribution is -2.50. The van der Waals surface area contributed by atoms with E-state index in [1.807, 2.05) is 6.08 Å². The maximum Gasteiger partial charge on any atom is 0.336 e. The van der Waals surface area contributed by atoms with Crippen LogP contribution in [0.4, 0.5) is 0 Å². The normalized spacial score (nSPS) is 38.8. The van der Waals surface area contributed by atoms with Crippen molar-refractivity contribution in [3.05, 3.63) is 22.8 Å². The van der Waals surface area contributed by atoms with Crippen molar-refractivity contribution in [2.24, 2.45) is 40.4 Å². The second-order valence-electron chi connectivity index (χ2n) is 12.3. The molecular weight excluding hydrogens is 424 g/mol. The first-order valence-electron chi connectivity index (χ1n) is 13.8. The second-order valence-corrected chi connectivity index (χ2v) is 12.3. The van der Waals surface area contributed by atoms with E-state index in [0.29, 0.717) is 22.7 Å². The van der Waals surface area contributed by atoms with Crippen LogP contribution in [-0.4, -0.2) is 30.6 Å². The average molecular weight is 471 g/mol. The minimum atomic E-state index is -0.387. The van der Waals surface area contributed by atoms with Crippen LogP contribution < -0.4 is 0 Å². The Kier molecular flexibility index (Phi) is 7.48. The van der Waals surface area contributed by atoms with Crippen molar-refractivity contribution in [2.45, 2.75) is 98.3 Å². The highest BCUT2D eigenvalue weighted by Crippen LogP contribution is 2.67. The molecular formula is C30H46O4. The summed E-state index contributed by atoms with van der Waals surface area (Å²) in [5.74, 6) is 3.64. The zero-order valence-corrected chi connectivity index (χ0v) is 22.1. The summed E-state index contributed by atoms with van der Waals surface area (Å²) in [6.45, 7) is 9.31. The van der Waals surface area contributed by atoms with Crippen LogP contribution in [0.3, 0.4) is 0 Å². The van der Waals surface area contributed by atoms with Crippen molar-refractivity contribution >= 4 is 11.8 Å². The maximum atomic E-state index is 12.1. The molecule has 3 saturated carbocycles. The van der Waals surface area contributed by atoms with Gasteiger partial charge in [-0.25, -0.2) is 4.79 Å². The van der Waals surface area contributed by atoms with E-state index < -0.39 is 0 Å². The maximum absolute atomic E-state index is 12.1. The minimum Gasteiger partial charge on any atom is -0.466 e. The summed E-state index contributed by atoms with van der Waals surface area (Å²) >= 11 is 0. The van der Waals surface area contributed by atoms with Crippen molar-refractivity contribution < 1.29 is 19.4 Å². The number of allylic oxidation sites excluding steroid dienone is 2. The van der Waals surface area contributed by atoms with Crippen molar-refractivity contribution in [1.29, 1.82) is 0 Å². The fourth-order valence-corrected chi connectivity index (χ4v) is 9.12. The molecule has 190 valence electrons. The molecule has 4 aliphatic carbocycles. The Morgan fingerprint density at radius 1 is 1.15 bits per heavy atom. The molecule has 4 heteroatoms. The topological polar surface area (TPSA) is 63.6 Å². The van der Waals surface area contributed by atoms with Crippen LogP contribution in [-0.2, 0) is 14.3 Å². The van der Waals surface area contributed by atoms with Crippen LogP contribution in [0.1, 0.15) is 98.3 Å². The van der Waals surface area contributed by atoms with Crippen molar-refractivity contribution in [3.63, 3.8) is 0 Å². The van der Waals surface area contributed by atoms with Crippen LogP contribution in [0.5, 0.6) is 0 Å². The minimum absolute atomic E-state index is 0.239. The third-order valence-electron chi connectivity index (χ3n) is 11.1. The number of aliphatic hydroxyl groups is 1. The summed E-state index contributed by atoms with van der Waals surface area (Å²) in [7, 11) is 1.39. The van der Waals surface area contributed by atoms with E-state index in [1.54, 1.807) is 0 Å². The highest BCUT2D eigenvalue weighted by atomic mass is 16.5. The molecule has 0 unspecified atom stereocenters. The van der Waals surface area contributed by atoms with E-state index >= 15 is 0 Å². The molecule has 34 heavy (non-hydrogen) atoms. The first kappa shape index (κ1) is 25.7. The Balaban J connectivity index is 1.48. The third-order valence-corrected chi connectivity index (χ3v) is 11.1. The average Bonchev–Trinajstić information content (AvgIpc) is 3.18. The van der Waals surface area contributed by atoms with Crippen LogP contribution in [0.15, 0.2) is 22.8 Å². The van der Waals surface area contributed by atoms with Gasteiger partial charge in [0, 0.05) is 6.42 Å². The van der Waals surface area contributed by atoms with E-state index in [2.05, 4.69) is 27.7 Å². The van der Waals surface area contributed by atoms with Crippen LogP contribution in [0.2, 0.25) is 0 Å². The van der Waals surface area contributed by atoms with Crippen molar-refractivity contribution in [1.82, 2.24) is 0 Å². The summed E-state index contributed by atoms with van der Waals surface area (Å²) in [6, 6.07) is 0. The molecule has 0 aromatic heterocycles. The highest BCUT2D eigenvalue weighted by molar-refractivity contribution is 5.91. The Morgan fingerprint density at radius 2 is 1.91 bits per heavy atom. The smallest absolute Gasteiger partial charge is 0.336 e. The molecule has 4 aliphatic rings. The number of carbonyl (C=O) groups excluding carboxylic acids is 2. The Morgan fingerprint density at radius 3 is 2.59 bits per heavy atom. The Hall–Kier alpha value is -1.42. The number of fused-ring (bicyclic) bond motifs is 5. The van der Waals surface area contributed by atoms with Gasteiger partial charge in [-0.05, 0) is 111 Å². The largest absolute Gasteiger partial charge is 0.466 e. The molecule has 0 aromatic rings. The van der Waals surface area contributed by atoms with E-state index in [0.717, 1.165) is 67.8 Å². The molecule has 1 N–H and O–H groups in total. The molecule has 0 saturated heterocycles. The van der Waals surface area contributed by atoms with Gasteiger partial charge in [-0.3, -0.25) is 4.79 Å². The number of rotatable bonds is 7. The summed E-state index contributed by atoms with van der Waals surface area (Å²) in [4.78, 5) is 24.2. The van der Waals surface area contributed by atoms with Gasteiger partial charge in [0.25, 0.3) is 0 Å². The fourth-order valence-electron chi connectivity index (χ4n) is 9.12. The monoisotopic (exact) mass is 470 g/mol. The molecule has 4 nitrogen and oxygen atoms in total. The van der Waals surface area contributed by atoms with Gasteiger partial charge in [-0.1, -0.05) is 38.8 Å². The summed E-state index contributed by atoms with van der Waals surface area (Å²) < 4.78 is 4.90. The van der Waals surface area contributed by atoms with E-state index in [1.165, 1.54) is 44.8 Å². The second kappa shape index (κ2) is 9.91. The number of ketones is 1. The van der Waals surface area contributed by atoms with Gasteiger partial charge in [0.2, 0.25) is 0 Å². The quantitative estimate of drug-likeness (QED) is 0.344. The van der Waals surface area contributed by atoms with Crippen LogP contribution in [0.25, 0.3) is 0 Å². The number of aliphatic hydroxyl groups excluding tert-OH is 1. The Bertz CT molecular complexity index is 869. The van der Waals surface area contributed by atoms with Gasteiger partial charge in [-0.2, -0.15) is 0 Å². The number of hydrogen-bond donors (Lipinski definition) is 1. The lowest BCUT2D eigenvalue weighted by atomic mass is 9.46. The third kappa shape index (κ3) is 4.22. The molecule has 0 radical (unpaired) electrons. The summed E-state index contributed by atoms with van der Waals surface area (Å²) in [5, 5.41) is 9.75. The number of ether oxygens (including phenoxy) is 1. The van der Waals surface area contributed by atoms with E-state index in [9.17, 15) is 14.7 Å². The summed E-state index contributed by atoms with van der Waals surface area (Å²) in [6.07, 6.45) is 14.2. The standard InChI is InChI=1S/C30H46O4/c1-6-20(24(18-31)28(33)34-5)8-7-19(2)25-11-12-26-23-10-9-21-17-22(32)13-15-29(21,3)27(23)14-16-30(25,26)4/h17,19,23,25-27,31H,6-16,18H2,1-5H3/t19-,23+,25-,26+,27+,29+,30-/m1/s1. The molecule has 0 heterocycles. The lowest BCUT2D eigenvalue weighted by Gasteiger charge is -2.58. The molecule has 0 amide bonds. The predicted molar refractivity (Wildman–Crippen MR) is 135 cm³/mol. The molecule has 0 spiro atoms. The Labute approximate surface area is 206 Å². The first-order chi connectivity index (χ1) is 16.2. The summed E-state index contributed by atoms with van der Waals surface area (Å²) in [5.41, 5.74) is 3.62. The first-order valence-corrected chi connectivity index (χ1v) is 13.8. The number of carbonyl (C=O) groups is 2. The number of esters is 1. The molecule has 0 aliphatic heterocycles. The molecule has 0 bridgehead atoms. The van der Waals surface area contributed by atoms with Crippen LogP contribution in [0, 0.1) is 40.4 Å². The van der Waals surface area contributed by atoms with Gasteiger partial charge in [0.15, 0.2) is 5.78 Å². The van der Waals surface area contributed by atoms with Gasteiger partial charge >= 0.3 is 5.97 Å². The van der Waals surface area contributed by atoms with Gasteiger partial charge in [-0.15, -0.1) is 0 Å². The molecule has 4 rings (SSSR count). The van der Waals surface area contributed by atoms with Crippen molar-refractivity contribution in [2.75, 3.05) is 13.7 Å². The van der Waals surface area contributed by atoms with Gasteiger partial charge in [0.05, 0.1) is 19.3 Å². The van der Waals surface area contributed by atoms with E-state index in [4.69, 9.17) is 4.74 Å².